The second kappa shape index (κ2) is 7.92. The van der Waals surface area contributed by atoms with Crippen molar-refractivity contribution in [3.05, 3.63) is 35.9 Å². The van der Waals surface area contributed by atoms with Gasteiger partial charge < -0.3 is 4.90 Å². The largest absolute Gasteiger partial charge is 0.342 e. The summed E-state index contributed by atoms with van der Waals surface area (Å²) in [4.78, 5) is 14.5. The van der Waals surface area contributed by atoms with E-state index in [4.69, 9.17) is 0 Å². The molecule has 4 fully saturated rings. The van der Waals surface area contributed by atoms with Gasteiger partial charge in [-0.15, -0.1) is 0 Å². The van der Waals surface area contributed by atoms with E-state index in [1.165, 1.54) is 51.4 Å². The summed E-state index contributed by atoms with van der Waals surface area (Å²) >= 11 is 0. The quantitative estimate of drug-likeness (QED) is 0.510. The van der Waals surface area contributed by atoms with Crippen molar-refractivity contribution in [2.24, 2.45) is 34.5 Å². The fraction of sp³-hybridized carbons (Fsp3) is 0.759. The van der Waals surface area contributed by atoms with Crippen molar-refractivity contribution in [2.45, 2.75) is 96.9 Å². The Morgan fingerprint density at radius 3 is 2.45 bits per heavy atom. The smallest absolute Gasteiger partial charge is 0.222 e. The van der Waals surface area contributed by atoms with E-state index in [1.807, 2.05) is 0 Å². The highest BCUT2D eigenvalue weighted by atomic mass is 16.2. The summed E-state index contributed by atoms with van der Waals surface area (Å²) in [5.41, 5.74) is 2.43. The van der Waals surface area contributed by atoms with Gasteiger partial charge in [-0.05, 0) is 104 Å². The van der Waals surface area contributed by atoms with Crippen LogP contribution in [-0.2, 0) is 4.79 Å². The zero-order chi connectivity index (χ0) is 21.8. The first kappa shape index (κ1) is 21.5. The number of rotatable bonds is 4. The van der Waals surface area contributed by atoms with E-state index in [-0.39, 0.29) is 0 Å². The van der Waals surface area contributed by atoms with Gasteiger partial charge in [0.05, 0.1) is 0 Å². The van der Waals surface area contributed by atoms with Crippen molar-refractivity contribution in [2.75, 3.05) is 7.05 Å². The minimum atomic E-state index is 0.348. The van der Waals surface area contributed by atoms with Crippen LogP contribution in [0.2, 0.25) is 0 Å². The van der Waals surface area contributed by atoms with E-state index >= 15 is 0 Å². The Bertz CT molecular complexity index is 804. The zero-order valence-electron chi connectivity index (χ0n) is 20.3. The molecule has 1 unspecified atom stereocenters. The van der Waals surface area contributed by atoms with Gasteiger partial charge in [0.2, 0.25) is 5.91 Å². The number of nitrogens with zero attached hydrogens (tertiary/aromatic N) is 1. The molecule has 31 heavy (non-hydrogen) atoms. The van der Waals surface area contributed by atoms with Gasteiger partial charge in [0.25, 0.3) is 0 Å². The number of amides is 1. The predicted molar refractivity (Wildman–Crippen MR) is 128 cm³/mol. The predicted octanol–water partition coefficient (Wildman–Crippen LogP) is 7.05. The maximum atomic E-state index is 12.4. The van der Waals surface area contributed by atoms with Crippen LogP contribution in [0.15, 0.2) is 30.3 Å². The third-order valence-corrected chi connectivity index (χ3v) is 11.1. The lowest BCUT2D eigenvalue weighted by atomic mass is 9.46. The molecule has 2 nitrogen and oxygen atoms in total. The maximum Gasteiger partial charge on any atom is 0.222 e. The summed E-state index contributed by atoms with van der Waals surface area (Å²) in [6, 6.07) is 11.8. The number of hydrogen-bond donors (Lipinski definition) is 0. The van der Waals surface area contributed by atoms with E-state index in [0.717, 1.165) is 36.5 Å². The van der Waals surface area contributed by atoms with Crippen LogP contribution in [-0.4, -0.2) is 23.9 Å². The van der Waals surface area contributed by atoms with Gasteiger partial charge in [0, 0.05) is 19.5 Å². The molecular weight excluding hydrogens is 378 g/mol. The van der Waals surface area contributed by atoms with E-state index in [2.05, 4.69) is 63.1 Å². The van der Waals surface area contributed by atoms with Crippen molar-refractivity contribution in [3.8, 4) is 0 Å². The molecule has 5 rings (SSSR count). The number of carbonyl (C=O) groups excluding carboxylic acids is 1. The topological polar surface area (TPSA) is 20.3 Å². The zero-order valence-corrected chi connectivity index (χ0v) is 20.3. The Balaban J connectivity index is 1.35. The minimum Gasteiger partial charge on any atom is -0.342 e. The highest BCUT2D eigenvalue weighted by Crippen LogP contribution is 2.67. The first-order valence-electron chi connectivity index (χ1n) is 13.2. The number of piperidine rings is 1. The van der Waals surface area contributed by atoms with Crippen LogP contribution in [0, 0.1) is 34.5 Å². The first-order chi connectivity index (χ1) is 14.9. The monoisotopic (exact) mass is 421 g/mol. The molecular formula is C29H43NO. The third kappa shape index (κ3) is 3.30. The number of carbonyl (C=O) groups is 1. The molecule has 170 valence electrons. The van der Waals surface area contributed by atoms with Crippen LogP contribution in [0.25, 0.3) is 0 Å². The van der Waals surface area contributed by atoms with Gasteiger partial charge in [-0.2, -0.15) is 0 Å². The molecule has 0 aromatic heterocycles. The molecule has 1 aromatic carbocycles. The fourth-order valence-electron chi connectivity index (χ4n) is 9.25. The molecule has 1 amide bonds. The standard InChI is InChI=1S/C29H43NO/c1-5-20(21-9-7-6-8-10-21)19-22-11-13-24-23-12-14-26-29(3,18-16-27(31)30(26)4)25(23)15-17-28(22,24)2/h6-10,20,22-26H,5,11-19H2,1-4H3/t20?,22-,23+,24+,25+,26-,28-,29-/m1/s1. The molecule has 1 aromatic rings. The van der Waals surface area contributed by atoms with Gasteiger partial charge in [0.15, 0.2) is 0 Å². The molecule has 3 saturated carbocycles. The Kier molecular flexibility index (Phi) is 5.50. The van der Waals surface area contributed by atoms with E-state index in [1.54, 1.807) is 5.56 Å². The van der Waals surface area contributed by atoms with E-state index in [9.17, 15) is 4.79 Å². The van der Waals surface area contributed by atoms with Crippen LogP contribution < -0.4 is 0 Å². The number of benzene rings is 1. The molecule has 8 atom stereocenters. The summed E-state index contributed by atoms with van der Waals surface area (Å²) in [6.07, 6.45) is 12.8. The average Bonchev–Trinajstić information content (AvgIpc) is 3.11. The average molecular weight is 422 g/mol. The molecule has 0 radical (unpaired) electrons. The number of fused-ring (bicyclic) bond motifs is 5. The summed E-state index contributed by atoms with van der Waals surface area (Å²) in [5.74, 6) is 4.60. The lowest BCUT2D eigenvalue weighted by Gasteiger charge is -2.62. The molecule has 1 heterocycles. The summed E-state index contributed by atoms with van der Waals surface area (Å²) in [6.45, 7) is 7.61. The van der Waals surface area contributed by atoms with Crippen molar-refractivity contribution >= 4 is 5.91 Å². The SMILES string of the molecule is CCC(C[C@H]1CC[C@H]2[C@@H]3CC[C@H]4N(C)C(=O)CC[C@]4(C)[C@H]3CC[C@]12C)c1ccccc1. The molecule has 2 heteroatoms. The number of likely N-dealkylation sites (tertiary alicyclic amines) is 1. The highest BCUT2D eigenvalue weighted by molar-refractivity contribution is 5.77. The minimum absolute atomic E-state index is 0.348. The Hall–Kier alpha value is -1.31. The number of hydrogen-bond acceptors (Lipinski definition) is 1. The Morgan fingerprint density at radius 1 is 0.968 bits per heavy atom. The second-order valence-corrected chi connectivity index (χ2v) is 12.1. The maximum absolute atomic E-state index is 12.4. The molecule has 1 saturated heterocycles. The van der Waals surface area contributed by atoms with Gasteiger partial charge in [-0.25, -0.2) is 0 Å². The molecule has 0 spiro atoms. The summed E-state index contributed by atoms with van der Waals surface area (Å²) < 4.78 is 0. The molecule has 4 aliphatic rings. The van der Waals surface area contributed by atoms with Crippen molar-refractivity contribution in [1.82, 2.24) is 4.90 Å². The van der Waals surface area contributed by atoms with Gasteiger partial charge in [-0.1, -0.05) is 51.1 Å². The van der Waals surface area contributed by atoms with Crippen molar-refractivity contribution in [1.29, 1.82) is 0 Å². The van der Waals surface area contributed by atoms with Gasteiger partial charge in [-0.3, -0.25) is 4.79 Å². The molecule has 0 N–H and O–H groups in total. The Morgan fingerprint density at radius 2 is 1.71 bits per heavy atom. The Labute approximate surface area is 190 Å². The normalized spacial score (nSPS) is 43.2. The third-order valence-electron chi connectivity index (χ3n) is 11.1. The van der Waals surface area contributed by atoms with Crippen molar-refractivity contribution in [3.63, 3.8) is 0 Å². The van der Waals surface area contributed by atoms with E-state index in [0.29, 0.717) is 28.7 Å². The lowest BCUT2D eigenvalue weighted by molar-refractivity contribution is -0.158. The van der Waals surface area contributed by atoms with Gasteiger partial charge in [0.1, 0.15) is 0 Å². The second-order valence-electron chi connectivity index (χ2n) is 12.1. The summed E-state index contributed by atoms with van der Waals surface area (Å²) in [5, 5.41) is 0. The molecule has 1 aliphatic heterocycles. The molecule has 0 bridgehead atoms. The van der Waals surface area contributed by atoms with Crippen LogP contribution in [0.4, 0.5) is 0 Å². The lowest BCUT2D eigenvalue weighted by Crippen LogP contribution is -2.61. The summed E-state index contributed by atoms with van der Waals surface area (Å²) in [7, 11) is 2.08. The highest BCUT2D eigenvalue weighted by Gasteiger charge is 2.61. The van der Waals surface area contributed by atoms with Crippen LogP contribution in [0.5, 0.6) is 0 Å². The molecule has 3 aliphatic carbocycles. The van der Waals surface area contributed by atoms with Crippen LogP contribution in [0.1, 0.15) is 96.5 Å². The van der Waals surface area contributed by atoms with Crippen LogP contribution >= 0.6 is 0 Å². The van der Waals surface area contributed by atoms with E-state index < -0.39 is 0 Å². The van der Waals surface area contributed by atoms with Crippen LogP contribution in [0.3, 0.4) is 0 Å². The van der Waals surface area contributed by atoms with Gasteiger partial charge >= 0.3 is 0 Å². The van der Waals surface area contributed by atoms with Crippen molar-refractivity contribution < 1.29 is 4.79 Å². The first-order valence-corrected chi connectivity index (χ1v) is 13.2. The fourth-order valence-corrected chi connectivity index (χ4v) is 9.25.